The molecule has 0 aliphatic rings. The summed E-state index contributed by atoms with van der Waals surface area (Å²) in [4.78, 5) is 39.9. The number of rotatable bonds is 17. The quantitative estimate of drug-likeness (QED) is 0.124. The van der Waals surface area contributed by atoms with E-state index in [1.807, 2.05) is 55.0 Å². The zero-order valence-corrected chi connectivity index (χ0v) is 25.4. The Morgan fingerprint density at radius 2 is 1.30 bits per heavy atom. The molecule has 0 saturated heterocycles. The van der Waals surface area contributed by atoms with E-state index in [-0.39, 0.29) is 12.5 Å². The summed E-state index contributed by atoms with van der Waals surface area (Å²) in [5.74, 6) is -0.0745. The molecule has 44 heavy (non-hydrogen) atoms. The predicted octanol–water partition coefficient (Wildman–Crippen LogP) is 3.69. The number of benzene rings is 1. The molecule has 232 valence electrons. The average Bonchev–Trinajstić information content (AvgIpc) is 3.06. The van der Waals surface area contributed by atoms with Crippen molar-refractivity contribution in [2.75, 3.05) is 38.1 Å². The summed E-state index contributed by atoms with van der Waals surface area (Å²) in [5.41, 5.74) is 4.86. The van der Waals surface area contributed by atoms with Gasteiger partial charge in [0.05, 0.1) is 23.5 Å². The molecule has 4 aromatic rings. The van der Waals surface area contributed by atoms with E-state index in [1.54, 1.807) is 24.3 Å². The highest BCUT2D eigenvalue weighted by molar-refractivity contribution is 5.79. The van der Waals surface area contributed by atoms with Crippen LogP contribution in [0, 0.1) is 0 Å². The molecule has 3 N–H and O–H groups in total. The van der Waals surface area contributed by atoms with Crippen molar-refractivity contribution in [1.29, 1.82) is 0 Å². The SMILES string of the molecule is CCN(CCN(Cc1ccccn1)Cc1ccccn1)Cc1ccccn1.O=CNc1ccc(CC(=O)NCCCO)cc1. The molecular formula is C34H43N7O3. The summed E-state index contributed by atoms with van der Waals surface area (Å²) in [6.45, 7) is 8.20. The molecule has 1 aromatic carbocycles. The lowest BCUT2D eigenvalue weighted by molar-refractivity contribution is -0.120. The van der Waals surface area contributed by atoms with Crippen molar-refractivity contribution in [3.05, 3.63) is 120 Å². The number of hydrogen-bond acceptors (Lipinski definition) is 8. The van der Waals surface area contributed by atoms with Gasteiger partial charge >= 0.3 is 0 Å². The van der Waals surface area contributed by atoms with Crippen molar-refractivity contribution in [2.45, 2.75) is 39.4 Å². The van der Waals surface area contributed by atoms with E-state index in [2.05, 4.69) is 60.5 Å². The van der Waals surface area contributed by atoms with E-state index >= 15 is 0 Å². The van der Waals surface area contributed by atoms with Crippen molar-refractivity contribution in [3.63, 3.8) is 0 Å². The number of nitrogens with one attached hydrogen (secondary N) is 2. The normalized spacial score (nSPS) is 10.6. The summed E-state index contributed by atoms with van der Waals surface area (Å²) in [5, 5.41) is 13.8. The van der Waals surface area contributed by atoms with E-state index in [0.29, 0.717) is 31.5 Å². The fraction of sp³-hybridized carbons (Fsp3) is 0.324. The van der Waals surface area contributed by atoms with Crippen molar-refractivity contribution >= 4 is 18.0 Å². The van der Waals surface area contributed by atoms with E-state index in [9.17, 15) is 9.59 Å². The topological polar surface area (TPSA) is 124 Å². The van der Waals surface area contributed by atoms with Crippen LogP contribution in [0.4, 0.5) is 5.69 Å². The second-order valence-electron chi connectivity index (χ2n) is 10.1. The monoisotopic (exact) mass is 597 g/mol. The van der Waals surface area contributed by atoms with Gasteiger partial charge in [0.25, 0.3) is 0 Å². The highest BCUT2D eigenvalue weighted by Crippen LogP contribution is 2.10. The number of aliphatic hydroxyl groups is 1. The highest BCUT2D eigenvalue weighted by atomic mass is 16.3. The number of amides is 2. The second kappa shape index (κ2) is 20.4. The van der Waals surface area contributed by atoms with Crippen LogP contribution in [0.5, 0.6) is 0 Å². The molecule has 3 aromatic heterocycles. The zero-order chi connectivity index (χ0) is 31.2. The van der Waals surface area contributed by atoms with Crippen molar-refractivity contribution in [2.24, 2.45) is 0 Å². The second-order valence-corrected chi connectivity index (χ2v) is 10.1. The van der Waals surface area contributed by atoms with Gasteiger partial charge in [0.2, 0.25) is 12.3 Å². The number of hydrogen-bond donors (Lipinski definition) is 3. The number of pyridine rings is 3. The predicted molar refractivity (Wildman–Crippen MR) is 172 cm³/mol. The van der Waals surface area contributed by atoms with Crippen LogP contribution in [-0.2, 0) is 35.6 Å². The van der Waals surface area contributed by atoms with Gasteiger partial charge in [0, 0.05) is 70.2 Å². The molecule has 10 nitrogen and oxygen atoms in total. The molecule has 3 heterocycles. The van der Waals surface area contributed by atoms with Gasteiger partial charge in [-0.05, 0) is 67.1 Å². The molecule has 0 fully saturated rings. The van der Waals surface area contributed by atoms with Gasteiger partial charge in [0.15, 0.2) is 0 Å². The number of aliphatic hydroxyl groups excluding tert-OH is 1. The van der Waals surface area contributed by atoms with Gasteiger partial charge in [-0.1, -0.05) is 37.3 Å². The third-order valence-electron chi connectivity index (χ3n) is 6.72. The Kier molecular flexibility index (Phi) is 15.8. The largest absolute Gasteiger partial charge is 0.396 e. The van der Waals surface area contributed by atoms with Gasteiger partial charge in [0.1, 0.15) is 0 Å². The van der Waals surface area contributed by atoms with Crippen LogP contribution in [0.15, 0.2) is 97.5 Å². The van der Waals surface area contributed by atoms with E-state index in [0.717, 1.165) is 61.9 Å². The third kappa shape index (κ3) is 13.6. The molecule has 0 bridgehead atoms. The molecule has 10 heteroatoms. The average molecular weight is 598 g/mol. The number of carbonyl (C=O) groups excluding carboxylic acids is 2. The summed E-state index contributed by atoms with van der Waals surface area (Å²) in [6.07, 6.45) is 7.04. The van der Waals surface area contributed by atoms with Crippen molar-refractivity contribution < 1.29 is 14.7 Å². The van der Waals surface area contributed by atoms with Crippen LogP contribution in [0.25, 0.3) is 0 Å². The lowest BCUT2D eigenvalue weighted by Gasteiger charge is -2.26. The molecule has 0 atom stereocenters. The molecule has 0 saturated carbocycles. The third-order valence-corrected chi connectivity index (χ3v) is 6.72. The summed E-state index contributed by atoms with van der Waals surface area (Å²) in [7, 11) is 0. The minimum Gasteiger partial charge on any atom is -0.396 e. The molecular weight excluding hydrogens is 554 g/mol. The van der Waals surface area contributed by atoms with E-state index in [4.69, 9.17) is 5.11 Å². The summed E-state index contributed by atoms with van der Waals surface area (Å²) in [6, 6.07) is 25.3. The molecule has 0 aliphatic carbocycles. The molecule has 4 rings (SSSR count). The molecule has 0 unspecified atom stereocenters. The highest BCUT2D eigenvalue weighted by Gasteiger charge is 2.12. The zero-order valence-electron chi connectivity index (χ0n) is 25.4. The summed E-state index contributed by atoms with van der Waals surface area (Å²) >= 11 is 0. The van der Waals surface area contributed by atoms with Gasteiger partial charge in [-0.3, -0.25) is 34.3 Å². The Balaban J connectivity index is 0.000000269. The Hall–Kier alpha value is -4.51. The van der Waals surface area contributed by atoms with Crippen LogP contribution in [0.3, 0.4) is 0 Å². The maximum atomic E-state index is 11.4. The Morgan fingerprint density at radius 3 is 1.75 bits per heavy atom. The van der Waals surface area contributed by atoms with Gasteiger partial charge < -0.3 is 15.7 Å². The lowest BCUT2D eigenvalue weighted by atomic mass is 10.1. The molecule has 0 spiro atoms. The number of carbonyl (C=O) groups is 2. The van der Waals surface area contributed by atoms with Crippen LogP contribution in [0.2, 0.25) is 0 Å². The fourth-order valence-electron chi connectivity index (χ4n) is 4.35. The first kappa shape index (κ1) is 34.0. The number of aromatic nitrogens is 3. The van der Waals surface area contributed by atoms with Crippen molar-refractivity contribution in [1.82, 2.24) is 30.1 Å². The smallest absolute Gasteiger partial charge is 0.224 e. The van der Waals surface area contributed by atoms with E-state index in [1.165, 1.54) is 0 Å². The number of anilines is 1. The molecule has 0 radical (unpaired) electrons. The molecule has 0 aliphatic heterocycles. The first-order chi connectivity index (χ1) is 21.6. The summed E-state index contributed by atoms with van der Waals surface area (Å²) < 4.78 is 0. The molecule has 2 amide bonds. The first-order valence-corrected chi connectivity index (χ1v) is 14.9. The van der Waals surface area contributed by atoms with Crippen LogP contribution < -0.4 is 10.6 Å². The minimum atomic E-state index is -0.0745. The first-order valence-electron chi connectivity index (χ1n) is 14.9. The number of likely N-dealkylation sites (N-methyl/N-ethyl adjacent to an activating group) is 1. The standard InChI is InChI=1S/C22H27N5.C12H16N2O3/c1-2-26(17-20-9-3-6-12-23-20)15-16-27(18-21-10-4-7-13-24-21)19-22-11-5-8-14-25-22;15-7-1-6-13-12(17)8-10-2-4-11(5-3-10)14-9-16/h3-14H,2,15-19H2,1H3;2-5,9,15H,1,6-8H2,(H,13,17)(H,14,16). The van der Waals surface area contributed by atoms with Crippen molar-refractivity contribution in [3.8, 4) is 0 Å². The Bertz CT molecular complexity index is 1290. The van der Waals surface area contributed by atoms with Crippen LogP contribution in [-0.4, -0.2) is 75.0 Å². The lowest BCUT2D eigenvalue weighted by Crippen LogP contribution is -2.35. The number of nitrogens with zero attached hydrogens (tertiary/aromatic N) is 5. The van der Waals surface area contributed by atoms with Gasteiger partial charge in [-0.2, -0.15) is 0 Å². The fourth-order valence-corrected chi connectivity index (χ4v) is 4.35. The maximum absolute atomic E-state index is 11.4. The van der Waals surface area contributed by atoms with E-state index < -0.39 is 0 Å². The van der Waals surface area contributed by atoms with Gasteiger partial charge in [-0.25, -0.2) is 0 Å². The maximum Gasteiger partial charge on any atom is 0.224 e. The Labute approximate surface area is 260 Å². The van der Waals surface area contributed by atoms with Crippen LogP contribution in [0.1, 0.15) is 36.0 Å². The minimum absolute atomic E-state index is 0.0745. The Morgan fingerprint density at radius 1 is 0.773 bits per heavy atom. The van der Waals surface area contributed by atoms with Crippen LogP contribution >= 0.6 is 0 Å². The van der Waals surface area contributed by atoms with Gasteiger partial charge in [-0.15, -0.1) is 0 Å².